The molecule has 27 heavy (non-hydrogen) atoms. The van der Waals surface area contributed by atoms with Crippen molar-refractivity contribution >= 4 is 17.8 Å². The van der Waals surface area contributed by atoms with E-state index in [4.69, 9.17) is 5.11 Å². The Labute approximate surface area is 156 Å². The predicted molar refractivity (Wildman–Crippen MR) is 97.6 cm³/mol. The molecule has 0 atom stereocenters. The largest absolute Gasteiger partial charge is 0.478 e. The van der Waals surface area contributed by atoms with Crippen LogP contribution in [0.3, 0.4) is 0 Å². The summed E-state index contributed by atoms with van der Waals surface area (Å²) in [5, 5.41) is 16.0. The number of carbonyl (C=O) groups is 3. The number of carbonyl (C=O) groups excluding carboxylic acids is 2. The fourth-order valence-electron chi connectivity index (χ4n) is 3.19. The smallest absolute Gasteiger partial charge is 0.335 e. The summed E-state index contributed by atoms with van der Waals surface area (Å²) in [5.74, 6) is -1.05. The minimum Gasteiger partial charge on any atom is -0.478 e. The maximum Gasteiger partial charge on any atom is 0.335 e. The van der Waals surface area contributed by atoms with E-state index in [-0.39, 0.29) is 17.4 Å². The predicted octanol–water partition coefficient (Wildman–Crippen LogP) is 1.40. The number of aromatic carboxylic acids is 1. The van der Waals surface area contributed by atoms with E-state index in [1.807, 2.05) is 0 Å². The van der Waals surface area contributed by atoms with Crippen LogP contribution >= 0.6 is 0 Å². The molecule has 0 radical (unpaired) electrons. The van der Waals surface area contributed by atoms with Gasteiger partial charge in [-0.2, -0.15) is 5.10 Å². The first-order valence-electron chi connectivity index (χ1n) is 8.83. The monoisotopic (exact) mass is 370 g/mol. The number of hydrogen-bond acceptors (Lipinski definition) is 4. The summed E-state index contributed by atoms with van der Waals surface area (Å²) in [4.78, 5) is 37.5. The highest BCUT2D eigenvalue weighted by molar-refractivity contribution is 5.97. The highest BCUT2D eigenvalue weighted by Gasteiger charge is 2.24. The van der Waals surface area contributed by atoms with Crippen molar-refractivity contribution in [3.63, 3.8) is 0 Å². The van der Waals surface area contributed by atoms with Gasteiger partial charge in [-0.25, -0.2) is 4.79 Å². The van der Waals surface area contributed by atoms with Gasteiger partial charge in [-0.05, 0) is 37.0 Å². The molecule has 1 aromatic heterocycles. The van der Waals surface area contributed by atoms with Crippen LogP contribution in [0.15, 0.2) is 36.7 Å². The number of amides is 2. The lowest BCUT2D eigenvalue weighted by Gasteiger charge is -2.32. The number of likely N-dealkylation sites (tertiary alicyclic amines) is 1. The number of benzene rings is 1. The SMILES string of the molecule is Cn1cc(C(=O)NCC2CCN(C(=O)c3cccc(C(=O)O)c3)CC2)cn1. The van der Waals surface area contributed by atoms with Gasteiger partial charge in [0.25, 0.3) is 11.8 Å². The number of carboxylic acid groups (broad SMARTS) is 1. The molecule has 2 amide bonds. The normalized spacial score (nSPS) is 14.8. The first-order chi connectivity index (χ1) is 12.9. The Kier molecular flexibility index (Phi) is 5.54. The minimum atomic E-state index is -1.05. The summed E-state index contributed by atoms with van der Waals surface area (Å²) in [6.07, 6.45) is 4.78. The van der Waals surface area contributed by atoms with Gasteiger partial charge in [0, 0.05) is 38.4 Å². The molecule has 2 N–H and O–H groups in total. The van der Waals surface area contributed by atoms with Gasteiger partial charge in [-0.1, -0.05) is 6.07 Å². The number of rotatable bonds is 5. The van der Waals surface area contributed by atoms with Crippen LogP contribution in [0.5, 0.6) is 0 Å². The van der Waals surface area contributed by atoms with Gasteiger partial charge in [0.2, 0.25) is 0 Å². The number of aryl methyl sites for hydroxylation is 1. The van der Waals surface area contributed by atoms with Crippen LogP contribution in [-0.2, 0) is 7.05 Å². The van der Waals surface area contributed by atoms with Crippen LogP contribution in [0.4, 0.5) is 0 Å². The Morgan fingerprint density at radius 2 is 1.89 bits per heavy atom. The number of aromatic nitrogens is 2. The maximum atomic E-state index is 12.6. The average molecular weight is 370 g/mol. The van der Waals surface area contributed by atoms with E-state index >= 15 is 0 Å². The highest BCUT2D eigenvalue weighted by atomic mass is 16.4. The summed E-state index contributed by atoms with van der Waals surface area (Å²) in [6, 6.07) is 6.09. The third-order valence-electron chi connectivity index (χ3n) is 4.78. The standard InChI is InChI=1S/C19H22N4O4/c1-22-12-16(11-21-22)17(24)20-10-13-5-7-23(8-6-13)18(25)14-3-2-4-15(9-14)19(26)27/h2-4,9,11-13H,5-8,10H2,1H3,(H,20,24)(H,26,27). The Morgan fingerprint density at radius 1 is 1.19 bits per heavy atom. The fraction of sp³-hybridized carbons (Fsp3) is 0.368. The van der Waals surface area contributed by atoms with Crippen molar-refractivity contribution in [3.8, 4) is 0 Å². The summed E-state index contributed by atoms with van der Waals surface area (Å²) in [6.45, 7) is 1.73. The molecule has 8 heteroatoms. The third-order valence-corrected chi connectivity index (χ3v) is 4.78. The molecule has 0 bridgehead atoms. The van der Waals surface area contributed by atoms with Crippen molar-refractivity contribution in [2.24, 2.45) is 13.0 Å². The second-order valence-corrected chi connectivity index (χ2v) is 6.73. The summed E-state index contributed by atoms with van der Waals surface area (Å²) in [5.41, 5.74) is 1.02. The first-order valence-corrected chi connectivity index (χ1v) is 8.83. The van der Waals surface area contributed by atoms with E-state index in [9.17, 15) is 14.4 Å². The molecule has 142 valence electrons. The van der Waals surface area contributed by atoms with E-state index in [0.717, 1.165) is 12.8 Å². The lowest BCUT2D eigenvalue weighted by molar-refractivity contribution is 0.0684. The molecule has 1 aromatic carbocycles. The lowest BCUT2D eigenvalue weighted by Crippen LogP contribution is -2.41. The molecule has 8 nitrogen and oxygen atoms in total. The maximum absolute atomic E-state index is 12.6. The minimum absolute atomic E-state index is 0.105. The molecule has 1 aliphatic heterocycles. The molecular weight excluding hydrogens is 348 g/mol. The quantitative estimate of drug-likeness (QED) is 0.828. The molecule has 1 aliphatic rings. The van der Waals surface area contributed by atoms with Crippen molar-refractivity contribution in [1.82, 2.24) is 20.0 Å². The van der Waals surface area contributed by atoms with Gasteiger partial charge in [0.1, 0.15) is 0 Å². The van der Waals surface area contributed by atoms with Crippen molar-refractivity contribution in [1.29, 1.82) is 0 Å². The summed E-state index contributed by atoms with van der Waals surface area (Å²) >= 11 is 0. The summed E-state index contributed by atoms with van der Waals surface area (Å²) < 4.78 is 1.58. The van der Waals surface area contributed by atoms with Gasteiger partial charge in [-0.3, -0.25) is 14.3 Å². The molecule has 2 aromatic rings. The van der Waals surface area contributed by atoms with Gasteiger partial charge in [-0.15, -0.1) is 0 Å². The average Bonchev–Trinajstić information content (AvgIpc) is 3.12. The van der Waals surface area contributed by atoms with Gasteiger partial charge in [0.15, 0.2) is 0 Å². The van der Waals surface area contributed by atoms with Crippen LogP contribution in [-0.4, -0.2) is 57.2 Å². The molecule has 1 fully saturated rings. The molecule has 3 rings (SSSR count). The second kappa shape index (κ2) is 8.03. The lowest BCUT2D eigenvalue weighted by atomic mass is 9.96. The number of piperidine rings is 1. The molecule has 2 heterocycles. The number of carboxylic acids is 1. The Morgan fingerprint density at radius 3 is 2.52 bits per heavy atom. The Bertz CT molecular complexity index is 853. The molecule has 0 spiro atoms. The fourth-order valence-corrected chi connectivity index (χ4v) is 3.19. The zero-order valence-corrected chi connectivity index (χ0v) is 15.1. The second-order valence-electron chi connectivity index (χ2n) is 6.73. The van der Waals surface area contributed by atoms with Crippen LogP contribution in [0, 0.1) is 5.92 Å². The highest BCUT2D eigenvalue weighted by Crippen LogP contribution is 2.19. The first kappa shape index (κ1) is 18.6. The Balaban J connectivity index is 1.50. The van der Waals surface area contributed by atoms with Gasteiger partial charge >= 0.3 is 5.97 Å². The van der Waals surface area contributed by atoms with E-state index in [1.54, 1.807) is 35.0 Å². The molecular formula is C19H22N4O4. The number of hydrogen-bond donors (Lipinski definition) is 2. The van der Waals surface area contributed by atoms with Crippen molar-refractivity contribution in [2.75, 3.05) is 19.6 Å². The molecule has 0 saturated carbocycles. The van der Waals surface area contributed by atoms with Crippen molar-refractivity contribution < 1.29 is 19.5 Å². The number of nitrogens with one attached hydrogen (secondary N) is 1. The van der Waals surface area contributed by atoms with Crippen LogP contribution in [0.1, 0.15) is 43.9 Å². The van der Waals surface area contributed by atoms with Crippen LogP contribution in [0.2, 0.25) is 0 Å². The molecule has 1 saturated heterocycles. The number of nitrogens with zero attached hydrogens (tertiary/aromatic N) is 3. The van der Waals surface area contributed by atoms with Gasteiger partial charge < -0.3 is 15.3 Å². The van der Waals surface area contributed by atoms with E-state index < -0.39 is 5.97 Å². The van der Waals surface area contributed by atoms with Crippen LogP contribution in [0.25, 0.3) is 0 Å². The third kappa shape index (κ3) is 4.52. The topological polar surface area (TPSA) is 105 Å². The van der Waals surface area contributed by atoms with Crippen molar-refractivity contribution in [2.45, 2.75) is 12.8 Å². The van der Waals surface area contributed by atoms with E-state index in [1.165, 1.54) is 18.3 Å². The zero-order chi connectivity index (χ0) is 19.4. The zero-order valence-electron chi connectivity index (χ0n) is 15.1. The van der Waals surface area contributed by atoms with E-state index in [2.05, 4.69) is 10.4 Å². The van der Waals surface area contributed by atoms with Gasteiger partial charge in [0.05, 0.1) is 17.3 Å². The van der Waals surface area contributed by atoms with Crippen LogP contribution < -0.4 is 5.32 Å². The van der Waals surface area contributed by atoms with E-state index in [0.29, 0.717) is 36.7 Å². The molecule has 0 aliphatic carbocycles. The Hall–Kier alpha value is -3.16. The van der Waals surface area contributed by atoms with Crippen molar-refractivity contribution in [3.05, 3.63) is 53.3 Å². The summed E-state index contributed by atoms with van der Waals surface area (Å²) in [7, 11) is 1.76. The molecule has 0 unspecified atom stereocenters.